The minimum Gasteiger partial charge on any atom is -0.308 e. The molecule has 2 rings (SSSR count). The van der Waals surface area contributed by atoms with Gasteiger partial charge in [-0.05, 0) is 47.5 Å². The van der Waals surface area contributed by atoms with Crippen molar-refractivity contribution in [2.75, 3.05) is 0 Å². The molecule has 0 radical (unpaired) electrons. The van der Waals surface area contributed by atoms with Crippen LogP contribution >= 0.6 is 15.9 Å². The van der Waals surface area contributed by atoms with Crippen LogP contribution in [0.15, 0.2) is 16.6 Å². The zero-order valence-corrected chi connectivity index (χ0v) is 13.2. The van der Waals surface area contributed by atoms with E-state index in [0.29, 0.717) is 12.6 Å². The second-order valence-corrected chi connectivity index (χ2v) is 5.73. The lowest BCUT2D eigenvalue weighted by Crippen LogP contribution is -2.24. The molecule has 1 heterocycles. The maximum atomic E-state index is 4.08. The third-order valence-corrected chi connectivity index (χ3v) is 4.12. The van der Waals surface area contributed by atoms with Crippen LogP contribution in [0.1, 0.15) is 30.8 Å². The predicted octanol–water partition coefficient (Wildman–Crippen LogP) is 2.54. The van der Waals surface area contributed by atoms with E-state index in [2.05, 4.69) is 76.6 Å². The van der Waals surface area contributed by atoms with E-state index < -0.39 is 0 Å². The molecule has 6 heteroatoms. The van der Waals surface area contributed by atoms with E-state index in [9.17, 15) is 0 Å². The molecule has 5 nitrogen and oxygen atoms in total. The van der Waals surface area contributed by atoms with E-state index in [0.717, 1.165) is 16.0 Å². The van der Waals surface area contributed by atoms with Crippen molar-refractivity contribution in [1.29, 1.82) is 0 Å². The fourth-order valence-corrected chi connectivity index (χ4v) is 2.09. The fourth-order valence-electron chi connectivity index (χ4n) is 1.86. The van der Waals surface area contributed by atoms with Gasteiger partial charge < -0.3 is 5.32 Å². The highest BCUT2D eigenvalue weighted by Gasteiger charge is 2.11. The Kier molecular flexibility index (Phi) is 4.31. The van der Waals surface area contributed by atoms with Crippen LogP contribution in [0.5, 0.6) is 0 Å². The van der Waals surface area contributed by atoms with Crippen molar-refractivity contribution >= 4 is 15.9 Å². The van der Waals surface area contributed by atoms with E-state index in [4.69, 9.17) is 0 Å². The van der Waals surface area contributed by atoms with Crippen molar-refractivity contribution in [2.45, 2.75) is 40.3 Å². The molecule has 0 atom stereocenters. The van der Waals surface area contributed by atoms with Crippen LogP contribution in [0.25, 0.3) is 5.69 Å². The first kappa shape index (κ1) is 14.1. The molecule has 0 amide bonds. The van der Waals surface area contributed by atoms with Gasteiger partial charge in [0.05, 0.1) is 12.2 Å². The van der Waals surface area contributed by atoms with E-state index in [1.54, 1.807) is 4.68 Å². The molecule has 0 saturated carbocycles. The molecule has 0 spiro atoms. The monoisotopic (exact) mass is 323 g/mol. The number of hydrogen-bond acceptors (Lipinski definition) is 4. The first-order valence-corrected chi connectivity index (χ1v) is 7.06. The van der Waals surface area contributed by atoms with Crippen molar-refractivity contribution < 1.29 is 0 Å². The highest BCUT2D eigenvalue weighted by Crippen LogP contribution is 2.24. The number of nitrogens with zero attached hydrogens (tertiary/aromatic N) is 4. The largest absolute Gasteiger partial charge is 0.308 e. The Morgan fingerprint density at radius 3 is 2.47 bits per heavy atom. The average Bonchev–Trinajstić information content (AvgIpc) is 2.81. The molecular formula is C13H18BrN5. The number of nitrogens with one attached hydrogen (secondary N) is 1. The van der Waals surface area contributed by atoms with Crippen LogP contribution in [0.2, 0.25) is 0 Å². The number of benzene rings is 1. The standard InChI is InChI=1S/C13H18BrN5/c1-8(2)15-7-12-16-17-18-19(12)11-5-9(3)13(14)10(4)6-11/h5-6,8,15H,7H2,1-4H3. The van der Waals surface area contributed by atoms with E-state index >= 15 is 0 Å². The minimum atomic E-state index is 0.401. The summed E-state index contributed by atoms with van der Waals surface area (Å²) < 4.78 is 2.91. The van der Waals surface area contributed by atoms with Crippen molar-refractivity contribution in [3.8, 4) is 5.69 Å². The molecule has 0 unspecified atom stereocenters. The van der Waals surface area contributed by atoms with Crippen LogP contribution in [0.3, 0.4) is 0 Å². The summed E-state index contributed by atoms with van der Waals surface area (Å²) in [5.41, 5.74) is 3.34. The Morgan fingerprint density at radius 1 is 1.26 bits per heavy atom. The highest BCUT2D eigenvalue weighted by molar-refractivity contribution is 9.10. The Balaban J connectivity index is 2.34. The van der Waals surface area contributed by atoms with Gasteiger partial charge in [0.2, 0.25) is 0 Å². The van der Waals surface area contributed by atoms with Crippen LogP contribution in [-0.2, 0) is 6.54 Å². The minimum absolute atomic E-state index is 0.401. The van der Waals surface area contributed by atoms with Crippen LogP contribution < -0.4 is 5.32 Å². The summed E-state index contributed by atoms with van der Waals surface area (Å²) in [5, 5.41) is 15.2. The zero-order valence-electron chi connectivity index (χ0n) is 11.6. The van der Waals surface area contributed by atoms with E-state index in [1.807, 2.05) is 0 Å². The SMILES string of the molecule is Cc1cc(-n2nnnc2CNC(C)C)cc(C)c1Br. The molecule has 1 aromatic heterocycles. The molecular weight excluding hydrogens is 306 g/mol. The van der Waals surface area contributed by atoms with Crippen LogP contribution in [-0.4, -0.2) is 26.2 Å². The van der Waals surface area contributed by atoms with Gasteiger partial charge in [0.15, 0.2) is 5.82 Å². The molecule has 0 aliphatic heterocycles. The summed E-state index contributed by atoms with van der Waals surface area (Å²) in [6.07, 6.45) is 0. The number of hydrogen-bond donors (Lipinski definition) is 1. The van der Waals surface area contributed by atoms with Gasteiger partial charge in [-0.15, -0.1) is 5.10 Å². The van der Waals surface area contributed by atoms with Crippen molar-refractivity contribution in [3.63, 3.8) is 0 Å². The third-order valence-electron chi connectivity index (χ3n) is 2.87. The van der Waals surface area contributed by atoms with Gasteiger partial charge in [-0.3, -0.25) is 0 Å². The smallest absolute Gasteiger partial charge is 0.170 e. The summed E-state index contributed by atoms with van der Waals surface area (Å²) in [5.74, 6) is 0.815. The number of halogens is 1. The third kappa shape index (κ3) is 3.19. The van der Waals surface area contributed by atoms with Crippen LogP contribution in [0, 0.1) is 13.8 Å². The topological polar surface area (TPSA) is 55.6 Å². The average molecular weight is 324 g/mol. The van der Waals surface area contributed by atoms with Crippen LogP contribution in [0.4, 0.5) is 0 Å². The van der Waals surface area contributed by atoms with Crippen molar-refractivity contribution in [1.82, 2.24) is 25.5 Å². The van der Waals surface area contributed by atoms with Crippen molar-refractivity contribution in [3.05, 3.63) is 33.6 Å². The quantitative estimate of drug-likeness (QED) is 0.939. The van der Waals surface area contributed by atoms with Gasteiger partial charge in [-0.25, -0.2) is 0 Å². The normalized spacial score (nSPS) is 11.3. The molecule has 0 bridgehead atoms. The summed E-state index contributed by atoms with van der Waals surface area (Å²) in [4.78, 5) is 0. The van der Waals surface area contributed by atoms with Gasteiger partial charge in [-0.1, -0.05) is 29.8 Å². The number of rotatable bonds is 4. The Hall–Kier alpha value is -1.27. The first-order valence-electron chi connectivity index (χ1n) is 6.26. The molecule has 0 fully saturated rings. The lowest BCUT2D eigenvalue weighted by molar-refractivity contribution is 0.563. The van der Waals surface area contributed by atoms with Gasteiger partial charge in [0.1, 0.15) is 0 Å². The zero-order chi connectivity index (χ0) is 14.0. The lowest BCUT2D eigenvalue weighted by Gasteiger charge is -2.11. The molecule has 19 heavy (non-hydrogen) atoms. The van der Waals surface area contributed by atoms with Gasteiger partial charge in [0.25, 0.3) is 0 Å². The number of aryl methyl sites for hydroxylation is 2. The predicted molar refractivity (Wildman–Crippen MR) is 78.3 cm³/mol. The summed E-state index contributed by atoms with van der Waals surface area (Å²) in [6.45, 7) is 8.98. The van der Waals surface area contributed by atoms with E-state index in [1.165, 1.54) is 11.1 Å². The lowest BCUT2D eigenvalue weighted by atomic mass is 10.1. The molecule has 1 N–H and O–H groups in total. The second-order valence-electron chi connectivity index (χ2n) is 4.94. The van der Waals surface area contributed by atoms with E-state index in [-0.39, 0.29) is 0 Å². The Labute approximate surface area is 121 Å². The number of aromatic nitrogens is 4. The van der Waals surface area contributed by atoms with Crippen molar-refractivity contribution in [2.24, 2.45) is 0 Å². The molecule has 0 aliphatic carbocycles. The second kappa shape index (κ2) is 5.79. The Bertz CT molecular complexity index is 553. The first-order chi connectivity index (χ1) is 8.99. The number of tetrazole rings is 1. The summed E-state index contributed by atoms with van der Waals surface area (Å²) >= 11 is 3.57. The highest BCUT2D eigenvalue weighted by atomic mass is 79.9. The summed E-state index contributed by atoms with van der Waals surface area (Å²) in [6, 6.07) is 4.55. The van der Waals surface area contributed by atoms with Gasteiger partial charge in [0, 0.05) is 10.5 Å². The summed E-state index contributed by atoms with van der Waals surface area (Å²) in [7, 11) is 0. The molecule has 0 aliphatic rings. The molecule has 0 saturated heterocycles. The molecule has 2 aromatic rings. The maximum Gasteiger partial charge on any atom is 0.170 e. The van der Waals surface area contributed by atoms with Gasteiger partial charge in [-0.2, -0.15) is 4.68 Å². The Morgan fingerprint density at radius 2 is 1.89 bits per heavy atom. The van der Waals surface area contributed by atoms with Gasteiger partial charge >= 0.3 is 0 Å². The maximum absolute atomic E-state index is 4.08. The molecule has 1 aromatic carbocycles. The molecule has 102 valence electrons. The fraction of sp³-hybridized carbons (Fsp3) is 0.462.